The van der Waals surface area contributed by atoms with E-state index in [4.69, 9.17) is 4.98 Å². The highest BCUT2D eigenvalue weighted by atomic mass is 19.1. The highest BCUT2D eigenvalue weighted by molar-refractivity contribution is 5.81. The maximum Gasteiger partial charge on any atom is 0.225 e. The molecule has 5 heteroatoms. The highest BCUT2D eigenvalue weighted by Crippen LogP contribution is 2.36. The predicted molar refractivity (Wildman–Crippen MR) is 111 cm³/mol. The number of imidazole rings is 1. The average molecular weight is 389 g/mol. The molecule has 2 aliphatic rings. The van der Waals surface area contributed by atoms with E-state index in [-0.39, 0.29) is 11.7 Å². The van der Waals surface area contributed by atoms with Gasteiger partial charge in [-0.05, 0) is 49.4 Å². The minimum absolute atomic E-state index is 0.228. The molecule has 1 atom stereocenters. The van der Waals surface area contributed by atoms with Crippen LogP contribution in [-0.2, 0) is 4.79 Å². The van der Waals surface area contributed by atoms with E-state index in [9.17, 15) is 9.18 Å². The fraction of sp³-hybridized carbons (Fsp3) is 0.333. The number of halogens is 1. The van der Waals surface area contributed by atoms with Crippen LogP contribution in [0.25, 0.3) is 22.5 Å². The first-order valence-electron chi connectivity index (χ1n) is 10.3. The van der Waals surface area contributed by atoms with E-state index >= 15 is 0 Å². The van der Waals surface area contributed by atoms with Crippen molar-refractivity contribution in [3.63, 3.8) is 0 Å². The smallest absolute Gasteiger partial charge is 0.225 e. The van der Waals surface area contributed by atoms with Crippen molar-refractivity contribution in [2.75, 3.05) is 13.1 Å². The maximum atomic E-state index is 13.1. The number of likely N-dealkylation sites (tertiary alicyclic amines) is 1. The summed E-state index contributed by atoms with van der Waals surface area (Å²) in [6.07, 6.45) is 3.09. The van der Waals surface area contributed by atoms with Gasteiger partial charge in [-0.25, -0.2) is 9.37 Å². The monoisotopic (exact) mass is 389 g/mol. The number of hydrogen-bond acceptors (Lipinski definition) is 2. The van der Waals surface area contributed by atoms with Crippen molar-refractivity contribution in [1.29, 1.82) is 0 Å². The lowest BCUT2D eigenvalue weighted by Gasteiger charge is -2.15. The first kappa shape index (κ1) is 18.1. The number of hydrogen-bond donors (Lipinski definition) is 1. The van der Waals surface area contributed by atoms with E-state index in [0.29, 0.717) is 11.8 Å². The first-order chi connectivity index (χ1) is 14.1. The zero-order valence-corrected chi connectivity index (χ0v) is 16.5. The van der Waals surface area contributed by atoms with Crippen LogP contribution in [0.4, 0.5) is 4.39 Å². The number of aromatic amines is 1. The second-order valence-electron chi connectivity index (χ2n) is 8.22. The van der Waals surface area contributed by atoms with Crippen molar-refractivity contribution in [3.05, 3.63) is 65.7 Å². The zero-order valence-electron chi connectivity index (χ0n) is 16.5. The number of aryl methyl sites for hydroxylation is 1. The highest BCUT2D eigenvalue weighted by Gasteiger charge is 2.37. The van der Waals surface area contributed by atoms with Gasteiger partial charge in [0.1, 0.15) is 11.6 Å². The summed E-state index contributed by atoms with van der Waals surface area (Å²) in [4.78, 5) is 22.7. The predicted octanol–water partition coefficient (Wildman–Crippen LogP) is 4.92. The fourth-order valence-corrected chi connectivity index (χ4v) is 4.24. The number of amides is 1. The van der Waals surface area contributed by atoms with E-state index < -0.39 is 0 Å². The van der Waals surface area contributed by atoms with Gasteiger partial charge in [0, 0.05) is 36.2 Å². The van der Waals surface area contributed by atoms with Gasteiger partial charge in [-0.2, -0.15) is 0 Å². The maximum absolute atomic E-state index is 13.1. The summed E-state index contributed by atoms with van der Waals surface area (Å²) >= 11 is 0. The number of carbonyl (C=O) groups is 1. The van der Waals surface area contributed by atoms with Crippen LogP contribution in [0.15, 0.2) is 48.5 Å². The molecule has 2 heterocycles. The number of benzene rings is 2. The lowest BCUT2D eigenvalue weighted by Crippen LogP contribution is -2.29. The molecule has 0 spiro atoms. The Bertz CT molecular complexity index is 1030. The van der Waals surface area contributed by atoms with Crippen LogP contribution >= 0.6 is 0 Å². The van der Waals surface area contributed by atoms with E-state index in [2.05, 4.69) is 11.9 Å². The van der Waals surface area contributed by atoms with Crippen molar-refractivity contribution in [3.8, 4) is 22.5 Å². The quantitative estimate of drug-likeness (QED) is 0.689. The molecule has 29 heavy (non-hydrogen) atoms. The number of nitrogens with one attached hydrogen (secondary N) is 1. The van der Waals surface area contributed by atoms with Crippen LogP contribution in [0.3, 0.4) is 0 Å². The molecule has 4 nitrogen and oxygen atoms in total. The van der Waals surface area contributed by atoms with Crippen LogP contribution < -0.4 is 0 Å². The van der Waals surface area contributed by atoms with Gasteiger partial charge in [-0.1, -0.05) is 36.4 Å². The summed E-state index contributed by atoms with van der Waals surface area (Å²) in [5.41, 5.74) is 5.21. The second kappa shape index (κ2) is 7.14. The van der Waals surface area contributed by atoms with Gasteiger partial charge in [0.25, 0.3) is 0 Å². The lowest BCUT2D eigenvalue weighted by molar-refractivity contribution is -0.131. The minimum atomic E-state index is -0.228. The normalized spacial score (nSPS) is 19.0. The Morgan fingerprint density at radius 3 is 2.28 bits per heavy atom. The number of carbonyl (C=O) groups excluding carboxylic acids is 1. The third kappa shape index (κ3) is 3.57. The molecule has 1 N–H and O–H groups in total. The third-order valence-corrected chi connectivity index (χ3v) is 6.07. The topological polar surface area (TPSA) is 49.0 Å². The summed E-state index contributed by atoms with van der Waals surface area (Å²) in [6, 6.07) is 14.7. The Morgan fingerprint density at radius 1 is 1.00 bits per heavy atom. The van der Waals surface area contributed by atoms with Crippen LogP contribution in [0.2, 0.25) is 0 Å². The summed E-state index contributed by atoms with van der Waals surface area (Å²) in [7, 11) is 0. The fourth-order valence-electron chi connectivity index (χ4n) is 4.24. The van der Waals surface area contributed by atoms with Gasteiger partial charge in [0.05, 0.1) is 5.69 Å². The summed E-state index contributed by atoms with van der Waals surface area (Å²) in [5.74, 6) is 1.55. The SMILES string of the molecule is Cc1[nH]c(-c2ccc(-c3ccc(F)cc3)cc2)nc1C1CCN(C(=O)C2CC2)C1. The molecule has 2 aromatic carbocycles. The molecular formula is C24H24FN3O. The van der Waals surface area contributed by atoms with E-state index in [1.54, 1.807) is 12.1 Å². The standard InChI is InChI=1S/C24H24FN3O/c1-15-22(20-12-13-28(14-20)24(29)19-6-7-19)27-23(26-15)18-4-2-16(3-5-18)17-8-10-21(25)11-9-17/h2-5,8-11,19-20H,6-7,12-14H2,1H3,(H,26,27). The molecule has 1 amide bonds. The average Bonchev–Trinajstić information content (AvgIpc) is 3.35. The molecule has 2 fully saturated rings. The summed E-state index contributed by atoms with van der Waals surface area (Å²) in [6.45, 7) is 3.68. The van der Waals surface area contributed by atoms with E-state index in [0.717, 1.165) is 66.3 Å². The van der Waals surface area contributed by atoms with Crippen molar-refractivity contribution >= 4 is 5.91 Å². The van der Waals surface area contributed by atoms with Crippen LogP contribution in [0.1, 0.15) is 36.6 Å². The molecule has 1 aliphatic heterocycles. The van der Waals surface area contributed by atoms with Gasteiger partial charge in [0.15, 0.2) is 0 Å². The van der Waals surface area contributed by atoms with Crippen molar-refractivity contribution < 1.29 is 9.18 Å². The molecule has 3 aromatic rings. The Kier molecular flexibility index (Phi) is 4.46. The zero-order chi connectivity index (χ0) is 20.0. The number of nitrogens with zero attached hydrogens (tertiary/aromatic N) is 2. The van der Waals surface area contributed by atoms with Crippen molar-refractivity contribution in [1.82, 2.24) is 14.9 Å². The molecule has 0 bridgehead atoms. The van der Waals surface area contributed by atoms with Crippen molar-refractivity contribution in [2.45, 2.75) is 32.1 Å². The lowest BCUT2D eigenvalue weighted by atomic mass is 10.0. The number of rotatable bonds is 4. The Balaban J connectivity index is 1.33. The van der Waals surface area contributed by atoms with Crippen LogP contribution in [-0.4, -0.2) is 33.9 Å². The Hall–Kier alpha value is -2.95. The van der Waals surface area contributed by atoms with Gasteiger partial charge < -0.3 is 9.88 Å². The Morgan fingerprint density at radius 2 is 1.62 bits per heavy atom. The van der Waals surface area contributed by atoms with E-state index in [1.165, 1.54) is 12.1 Å². The molecule has 1 saturated carbocycles. The van der Waals surface area contributed by atoms with Gasteiger partial charge in [-0.15, -0.1) is 0 Å². The molecule has 0 radical (unpaired) electrons. The molecular weight excluding hydrogens is 365 g/mol. The summed E-state index contributed by atoms with van der Waals surface area (Å²) in [5, 5.41) is 0. The van der Waals surface area contributed by atoms with Gasteiger partial charge in [0.2, 0.25) is 5.91 Å². The third-order valence-electron chi connectivity index (χ3n) is 6.07. The number of H-pyrrole nitrogens is 1. The number of aromatic nitrogens is 2. The second-order valence-corrected chi connectivity index (χ2v) is 8.22. The molecule has 148 valence electrons. The van der Waals surface area contributed by atoms with Crippen molar-refractivity contribution in [2.24, 2.45) is 5.92 Å². The largest absolute Gasteiger partial charge is 0.342 e. The molecule has 5 rings (SSSR count). The minimum Gasteiger partial charge on any atom is -0.342 e. The van der Waals surface area contributed by atoms with Crippen LogP contribution in [0.5, 0.6) is 0 Å². The molecule has 1 aromatic heterocycles. The van der Waals surface area contributed by atoms with Gasteiger partial charge >= 0.3 is 0 Å². The molecule has 1 unspecified atom stereocenters. The van der Waals surface area contributed by atoms with E-state index in [1.807, 2.05) is 29.2 Å². The summed E-state index contributed by atoms with van der Waals surface area (Å²) < 4.78 is 13.1. The Labute approximate surface area is 169 Å². The molecule has 1 saturated heterocycles. The molecule has 1 aliphatic carbocycles. The van der Waals surface area contributed by atoms with Crippen LogP contribution in [0, 0.1) is 18.7 Å². The van der Waals surface area contributed by atoms with Gasteiger partial charge in [-0.3, -0.25) is 4.79 Å². The first-order valence-corrected chi connectivity index (χ1v) is 10.3.